The van der Waals surface area contributed by atoms with Crippen LogP contribution in [0, 0.1) is 0 Å². The van der Waals surface area contributed by atoms with Gasteiger partial charge in [-0.1, -0.05) is 19.3 Å². The molecule has 1 atom stereocenters. The summed E-state index contributed by atoms with van der Waals surface area (Å²) in [5, 5.41) is 5.27. The van der Waals surface area contributed by atoms with Crippen molar-refractivity contribution in [1.29, 1.82) is 0 Å². The molecule has 0 bridgehead atoms. The predicted molar refractivity (Wildman–Crippen MR) is 114 cm³/mol. The van der Waals surface area contributed by atoms with Gasteiger partial charge in [0, 0.05) is 18.7 Å². The normalized spacial score (nSPS) is 22.2. The average Bonchev–Trinajstić information content (AvgIpc) is 2.83. The summed E-state index contributed by atoms with van der Waals surface area (Å²) in [6.45, 7) is 1.24. The van der Waals surface area contributed by atoms with E-state index in [-0.39, 0.29) is 24.0 Å². The molecule has 0 aromatic heterocycles. The Morgan fingerprint density at radius 3 is 2.50 bits per heavy atom. The number of ether oxygens (including phenoxy) is 3. The molecule has 32 heavy (non-hydrogen) atoms. The van der Waals surface area contributed by atoms with Gasteiger partial charge in [-0.15, -0.1) is 0 Å². The van der Waals surface area contributed by atoms with Crippen LogP contribution in [0.2, 0.25) is 0 Å². The molecule has 0 spiro atoms. The van der Waals surface area contributed by atoms with Crippen LogP contribution < -0.4 is 20.1 Å². The number of benzene rings is 1. The molecule has 3 aliphatic rings. The molecule has 2 aliphatic heterocycles. The molecule has 1 aromatic rings. The Labute approximate surface area is 187 Å². The first-order chi connectivity index (χ1) is 15.4. The SMILES string of the molecule is O=C(NC[C@@H]1OCCCN1S(=O)(=O)c1ccc2c(c1)OCCO2)C(=O)NC1CCCCC1. The number of hydrogen-bond acceptors (Lipinski definition) is 7. The Kier molecular flexibility index (Phi) is 7.17. The van der Waals surface area contributed by atoms with Gasteiger partial charge in [-0.3, -0.25) is 9.59 Å². The van der Waals surface area contributed by atoms with E-state index < -0.39 is 28.1 Å². The molecule has 2 fully saturated rings. The molecule has 10 nitrogen and oxygen atoms in total. The summed E-state index contributed by atoms with van der Waals surface area (Å²) in [4.78, 5) is 24.5. The Bertz CT molecular complexity index is 947. The van der Waals surface area contributed by atoms with Gasteiger partial charge in [0.25, 0.3) is 0 Å². The maximum absolute atomic E-state index is 13.3. The number of nitrogens with zero attached hydrogens (tertiary/aromatic N) is 1. The van der Waals surface area contributed by atoms with Crippen molar-refractivity contribution in [3.8, 4) is 11.5 Å². The van der Waals surface area contributed by atoms with Crippen LogP contribution in [0.1, 0.15) is 38.5 Å². The van der Waals surface area contributed by atoms with Crippen molar-refractivity contribution in [3.05, 3.63) is 18.2 Å². The number of rotatable bonds is 5. The van der Waals surface area contributed by atoms with Crippen molar-refractivity contribution < 1.29 is 32.2 Å². The molecular formula is C21H29N3O7S. The molecule has 4 rings (SSSR count). The maximum atomic E-state index is 13.3. The quantitative estimate of drug-likeness (QED) is 0.613. The number of carbonyl (C=O) groups excluding carboxylic acids is 2. The standard InChI is InChI=1S/C21H29N3O7S/c25-20(21(26)23-15-5-2-1-3-6-15)22-14-19-24(9-4-10-31-19)32(27,28)16-7-8-17-18(13-16)30-12-11-29-17/h7-8,13,15,19H,1-6,9-12,14H2,(H,22,25)(H,23,26)/t19-/m0/s1. The van der Waals surface area contributed by atoms with Gasteiger partial charge in [0.15, 0.2) is 11.5 Å². The molecular weight excluding hydrogens is 438 g/mol. The molecule has 1 saturated carbocycles. The van der Waals surface area contributed by atoms with Crippen LogP contribution in [0.5, 0.6) is 11.5 Å². The van der Waals surface area contributed by atoms with Crippen LogP contribution in [0.4, 0.5) is 0 Å². The average molecular weight is 468 g/mol. The highest BCUT2D eigenvalue weighted by molar-refractivity contribution is 7.89. The zero-order chi connectivity index (χ0) is 22.6. The first-order valence-corrected chi connectivity index (χ1v) is 12.5. The Morgan fingerprint density at radius 1 is 0.969 bits per heavy atom. The van der Waals surface area contributed by atoms with E-state index in [4.69, 9.17) is 14.2 Å². The lowest BCUT2D eigenvalue weighted by molar-refractivity contribution is -0.140. The molecule has 1 aliphatic carbocycles. The zero-order valence-electron chi connectivity index (χ0n) is 17.9. The fraction of sp³-hybridized carbons (Fsp3) is 0.619. The molecule has 11 heteroatoms. The largest absolute Gasteiger partial charge is 0.486 e. The van der Waals surface area contributed by atoms with Crippen molar-refractivity contribution in [3.63, 3.8) is 0 Å². The first-order valence-electron chi connectivity index (χ1n) is 11.1. The number of fused-ring (bicyclic) bond motifs is 1. The predicted octanol–water partition coefficient (Wildman–Crippen LogP) is 0.760. The van der Waals surface area contributed by atoms with Crippen LogP contribution in [-0.2, 0) is 24.3 Å². The fourth-order valence-electron chi connectivity index (χ4n) is 4.18. The van der Waals surface area contributed by atoms with Crippen LogP contribution >= 0.6 is 0 Å². The third-order valence-electron chi connectivity index (χ3n) is 5.86. The van der Waals surface area contributed by atoms with E-state index in [1.165, 1.54) is 16.4 Å². The van der Waals surface area contributed by atoms with Gasteiger partial charge in [-0.05, 0) is 31.4 Å². The Balaban J connectivity index is 1.40. The molecule has 0 radical (unpaired) electrons. The fourth-order valence-corrected chi connectivity index (χ4v) is 5.76. The molecule has 1 saturated heterocycles. The van der Waals surface area contributed by atoms with Crippen molar-refractivity contribution >= 4 is 21.8 Å². The monoisotopic (exact) mass is 467 g/mol. The van der Waals surface area contributed by atoms with Gasteiger partial charge in [-0.2, -0.15) is 4.31 Å². The van der Waals surface area contributed by atoms with Gasteiger partial charge in [-0.25, -0.2) is 8.42 Å². The molecule has 0 unspecified atom stereocenters. The molecule has 2 N–H and O–H groups in total. The summed E-state index contributed by atoms with van der Waals surface area (Å²) >= 11 is 0. The lowest BCUT2D eigenvalue weighted by Gasteiger charge is -2.34. The molecule has 2 amide bonds. The first kappa shape index (κ1) is 22.8. The second-order valence-corrected chi connectivity index (χ2v) is 10.0. The molecule has 2 heterocycles. The van der Waals surface area contributed by atoms with Crippen molar-refractivity contribution in [2.75, 3.05) is 32.9 Å². The van der Waals surface area contributed by atoms with Crippen LogP contribution in [0.15, 0.2) is 23.1 Å². The van der Waals surface area contributed by atoms with E-state index in [1.807, 2.05) is 0 Å². The van der Waals surface area contributed by atoms with Crippen molar-refractivity contribution in [1.82, 2.24) is 14.9 Å². The van der Waals surface area contributed by atoms with Gasteiger partial charge in [0.05, 0.1) is 18.0 Å². The van der Waals surface area contributed by atoms with Crippen LogP contribution in [0.3, 0.4) is 0 Å². The van der Waals surface area contributed by atoms with Crippen LogP contribution in [-0.4, -0.2) is 69.7 Å². The minimum atomic E-state index is -3.91. The van der Waals surface area contributed by atoms with E-state index in [2.05, 4.69) is 10.6 Å². The summed E-state index contributed by atoms with van der Waals surface area (Å²) in [5.41, 5.74) is 0. The summed E-state index contributed by atoms with van der Waals surface area (Å²) in [5.74, 6) is -0.618. The lowest BCUT2D eigenvalue weighted by atomic mass is 9.95. The number of amides is 2. The highest BCUT2D eigenvalue weighted by Crippen LogP contribution is 2.34. The van der Waals surface area contributed by atoms with Gasteiger partial charge in [0.1, 0.15) is 19.4 Å². The van der Waals surface area contributed by atoms with E-state index in [9.17, 15) is 18.0 Å². The summed E-state index contributed by atoms with van der Waals surface area (Å²) in [6.07, 6.45) is 4.57. The summed E-state index contributed by atoms with van der Waals surface area (Å²) in [7, 11) is -3.91. The number of nitrogens with one attached hydrogen (secondary N) is 2. The van der Waals surface area contributed by atoms with Crippen LogP contribution in [0.25, 0.3) is 0 Å². The van der Waals surface area contributed by atoms with E-state index in [1.54, 1.807) is 6.07 Å². The molecule has 176 valence electrons. The van der Waals surface area contributed by atoms with Gasteiger partial charge in [0.2, 0.25) is 10.0 Å². The second-order valence-electron chi connectivity index (χ2n) is 8.12. The zero-order valence-corrected chi connectivity index (χ0v) is 18.7. The lowest BCUT2D eigenvalue weighted by Crippen LogP contribution is -2.53. The highest BCUT2D eigenvalue weighted by Gasteiger charge is 2.35. The summed E-state index contributed by atoms with van der Waals surface area (Å²) in [6, 6.07) is 4.48. The van der Waals surface area contributed by atoms with E-state index in [0.717, 1.165) is 32.1 Å². The Morgan fingerprint density at radius 2 is 1.72 bits per heavy atom. The third-order valence-corrected chi connectivity index (χ3v) is 7.74. The second kappa shape index (κ2) is 10.1. The summed E-state index contributed by atoms with van der Waals surface area (Å²) < 4.78 is 44.4. The topological polar surface area (TPSA) is 123 Å². The molecule has 1 aromatic carbocycles. The van der Waals surface area contributed by atoms with Crippen molar-refractivity contribution in [2.45, 2.75) is 55.7 Å². The van der Waals surface area contributed by atoms with E-state index in [0.29, 0.717) is 37.7 Å². The highest BCUT2D eigenvalue weighted by atomic mass is 32.2. The smallest absolute Gasteiger partial charge is 0.309 e. The van der Waals surface area contributed by atoms with Crippen molar-refractivity contribution in [2.24, 2.45) is 0 Å². The number of carbonyl (C=O) groups is 2. The number of sulfonamides is 1. The van der Waals surface area contributed by atoms with Gasteiger partial charge >= 0.3 is 11.8 Å². The minimum Gasteiger partial charge on any atom is -0.486 e. The maximum Gasteiger partial charge on any atom is 0.309 e. The Hall–Kier alpha value is -2.37. The van der Waals surface area contributed by atoms with Gasteiger partial charge < -0.3 is 24.8 Å². The minimum absolute atomic E-state index is 0.0139. The third kappa shape index (κ3) is 5.16. The number of hydrogen-bond donors (Lipinski definition) is 2. The van der Waals surface area contributed by atoms with E-state index >= 15 is 0 Å².